The van der Waals surface area contributed by atoms with Gasteiger partial charge in [-0.15, -0.1) is 0 Å². The van der Waals surface area contributed by atoms with Crippen LogP contribution >= 0.6 is 15.9 Å². The van der Waals surface area contributed by atoms with Gasteiger partial charge in [0.1, 0.15) is 0 Å². The number of nitrogens with zero attached hydrogens (tertiary/aromatic N) is 1. The van der Waals surface area contributed by atoms with Gasteiger partial charge >= 0.3 is 0 Å². The van der Waals surface area contributed by atoms with E-state index in [0.717, 1.165) is 48.2 Å². The molecule has 1 heterocycles. The monoisotopic (exact) mass is 325 g/mol. The van der Waals surface area contributed by atoms with E-state index in [-0.39, 0.29) is 5.91 Å². The highest BCUT2D eigenvalue weighted by molar-refractivity contribution is 9.10. The molecule has 0 spiro atoms. The second kappa shape index (κ2) is 6.53. The van der Waals surface area contributed by atoms with Crippen molar-refractivity contribution >= 4 is 21.8 Å². The van der Waals surface area contributed by atoms with E-state index in [2.05, 4.69) is 15.9 Å². The lowest BCUT2D eigenvalue weighted by Gasteiger charge is -2.27. The Balaban J connectivity index is 2.01. The standard InChI is InChI=1S/C15H20BrNO2/c1-11-5-6-13(14(16)8-11)15(18)17(2)9-12-4-3-7-19-10-12/h5-6,8,12H,3-4,7,9-10H2,1-2H3. The summed E-state index contributed by atoms with van der Waals surface area (Å²) < 4.78 is 6.33. The second-order valence-corrected chi connectivity index (χ2v) is 6.11. The molecule has 1 aromatic rings. The molecule has 2 rings (SSSR count). The number of benzene rings is 1. The molecule has 4 heteroatoms. The summed E-state index contributed by atoms with van der Waals surface area (Å²) in [6.45, 7) is 4.41. The molecular weight excluding hydrogens is 306 g/mol. The maximum atomic E-state index is 12.4. The van der Waals surface area contributed by atoms with Crippen molar-refractivity contribution in [1.82, 2.24) is 4.90 Å². The van der Waals surface area contributed by atoms with Crippen LogP contribution in [-0.2, 0) is 4.74 Å². The summed E-state index contributed by atoms with van der Waals surface area (Å²) in [4.78, 5) is 14.2. The Bertz CT molecular complexity index is 455. The fourth-order valence-electron chi connectivity index (χ4n) is 2.42. The average molecular weight is 326 g/mol. The van der Waals surface area contributed by atoms with Gasteiger partial charge in [0.25, 0.3) is 5.91 Å². The summed E-state index contributed by atoms with van der Waals surface area (Å²) in [5.41, 5.74) is 1.87. The van der Waals surface area contributed by atoms with Gasteiger partial charge in [-0.05, 0) is 59.3 Å². The Labute approximate surface area is 123 Å². The van der Waals surface area contributed by atoms with E-state index in [4.69, 9.17) is 4.74 Å². The van der Waals surface area contributed by atoms with E-state index in [9.17, 15) is 4.79 Å². The van der Waals surface area contributed by atoms with Gasteiger partial charge in [-0.25, -0.2) is 0 Å². The molecule has 0 bridgehead atoms. The SMILES string of the molecule is Cc1ccc(C(=O)N(C)CC2CCCOC2)c(Br)c1. The first kappa shape index (κ1) is 14.5. The maximum absolute atomic E-state index is 12.4. The van der Waals surface area contributed by atoms with Crippen molar-refractivity contribution in [1.29, 1.82) is 0 Å². The third kappa shape index (κ3) is 3.80. The highest BCUT2D eigenvalue weighted by atomic mass is 79.9. The first-order valence-corrected chi connectivity index (χ1v) is 7.46. The molecular formula is C15H20BrNO2. The van der Waals surface area contributed by atoms with Crippen LogP contribution in [0.15, 0.2) is 22.7 Å². The van der Waals surface area contributed by atoms with E-state index in [1.165, 1.54) is 0 Å². The molecule has 0 radical (unpaired) electrons. The van der Waals surface area contributed by atoms with Gasteiger partial charge in [0.2, 0.25) is 0 Å². The van der Waals surface area contributed by atoms with Crippen molar-refractivity contribution in [2.75, 3.05) is 26.8 Å². The van der Waals surface area contributed by atoms with Crippen molar-refractivity contribution in [2.45, 2.75) is 19.8 Å². The van der Waals surface area contributed by atoms with Gasteiger partial charge in [-0.1, -0.05) is 6.07 Å². The molecule has 1 fully saturated rings. The Morgan fingerprint density at radius 2 is 2.32 bits per heavy atom. The average Bonchev–Trinajstić information content (AvgIpc) is 2.39. The van der Waals surface area contributed by atoms with E-state index in [0.29, 0.717) is 5.92 Å². The number of carbonyl (C=O) groups excluding carboxylic acids is 1. The number of aryl methyl sites for hydroxylation is 1. The maximum Gasteiger partial charge on any atom is 0.254 e. The first-order chi connectivity index (χ1) is 9.08. The van der Waals surface area contributed by atoms with Gasteiger partial charge in [-0.3, -0.25) is 4.79 Å². The highest BCUT2D eigenvalue weighted by Gasteiger charge is 2.20. The molecule has 1 aliphatic rings. The molecule has 1 unspecified atom stereocenters. The number of carbonyl (C=O) groups is 1. The molecule has 0 N–H and O–H groups in total. The summed E-state index contributed by atoms with van der Waals surface area (Å²) in [7, 11) is 1.86. The summed E-state index contributed by atoms with van der Waals surface area (Å²) in [5, 5.41) is 0. The van der Waals surface area contributed by atoms with Crippen LogP contribution < -0.4 is 0 Å². The largest absolute Gasteiger partial charge is 0.381 e. The Hall–Kier alpha value is -0.870. The van der Waals surface area contributed by atoms with Crippen LogP contribution in [0, 0.1) is 12.8 Å². The Kier molecular flexibility index (Phi) is 4.99. The molecule has 1 atom stereocenters. The van der Waals surface area contributed by atoms with Crippen molar-refractivity contribution in [3.05, 3.63) is 33.8 Å². The minimum atomic E-state index is 0.0671. The summed E-state index contributed by atoms with van der Waals surface area (Å²) in [6.07, 6.45) is 2.24. The molecule has 0 aromatic heterocycles. The van der Waals surface area contributed by atoms with Crippen LogP contribution in [-0.4, -0.2) is 37.6 Å². The van der Waals surface area contributed by atoms with E-state index < -0.39 is 0 Å². The normalized spacial score (nSPS) is 19.2. The zero-order valence-corrected chi connectivity index (χ0v) is 13.1. The molecule has 19 heavy (non-hydrogen) atoms. The van der Waals surface area contributed by atoms with Crippen molar-refractivity contribution in [3.63, 3.8) is 0 Å². The predicted molar refractivity (Wildman–Crippen MR) is 79.4 cm³/mol. The van der Waals surface area contributed by atoms with Crippen molar-refractivity contribution in [3.8, 4) is 0 Å². The number of hydrogen-bond donors (Lipinski definition) is 0. The number of rotatable bonds is 3. The fourth-order valence-corrected chi connectivity index (χ4v) is 3.08. The highest BCUT2D eigenvalue weighted by Crippen LogP contribution is 2.21. The number of halogens is 1. The molecule has 0 saturated carbocycles. The minimum absolute atomic E-state index is 0.0671. The quantitative estimate of drug-likeness (QED) is 0.853. The molecule has 1 saturated heterocycles. The minimum Gasteiger partial charge on any atom is -0.381 e. The van der Waals surface area contributed by atoms with Gasteiger partial charge in [-0.2, -0.15) is 0 Å². The summed E-state index contributed by atoms with van der Waals surface area (Å²) in [6, 6.07) is 5.83. The van der Waals surface area contributed by atoms with Gasteiger partial charge in [0.05, 0.1) is 12.2 Å². The fraction of sp³-hybridized carbons (Fsp3) is 0.533. The Morgan fingerprint density at radius 3 is 2.95 bits per heavy atom. The Morgan fingerprint density at radius 1 is 1.53 bits per heavy atom. The van der Waals surface area contributed by atoms with E-state index in [1.54, 1.807) is 4.90 Å². The van der Waals surface area contributed by atoms with Crippen LogP contribution in [0.4, 0.5) is 0 Å². The third-order valence-electron chi connectivity index (χ3n) is 3.49. The molecule has 1 aliphatic heterocycles. The summed E-state index contributed by atoms with van der Waals surface area (Å²) >= 11 is 3.47. The van der Waals surface area contributed by atoms with Crippen LogP contribution in [0.3, 0.4) is 0 Å². The number of hydrogen-bond acceptors (Lipinski definition) is 2. The molecule has 104 valence electrons. The van der Waals surface area contributed by atoms with E-state index >= 15 is 0 Å². The lowest BCUT2D eigenvalue weighted by Crippen LogP contribution is -2.35. The molecule has 1 aromatic carbocycles. The molecule has 0 aliphatic carbocycles. The number of amides is 1. The lowest BCUT2D eigenvalue weighted by molar-refractivity contribution is 0.0388. The summed E-state index contributed by atoms with van der Waals surface area (Å²) in [5.74, 6) is 0.532. The van der Waals surface area contributed by atoms with Crippen LogP contribution in [0.25, 0.3) is 0 Å². The van der Waals surface area contributed by atoms with Gasteiger partial charge in [0, 0.05) is 24.7 Å². The topological polar surface area (TPSA) is 29.5 Å². The van der Waals surface area contributed by atoms with Crippen molar-refractivity contribution in [2.24, 2.45) is 5.92 Å². The number of ether oxygens (including phenoxy) is 1. The van der Waals surface area contributed by atoms with Crippen LogP contribution in [0.5, 0.6) is 0 Å². The molecule has 1 amide bonds. The van der Waals surface area contributed by atoms with Gasteiger partial charge < -0.3 is 9.64 Å². The van der Waals surface area contributed by atoms with Crippen LogP contribution in [0.2, 0.25) is 0 Å². The smallest absolute Gasteiger partial charge is 0.254 e. The third-order valence-corrected chi connectivity index (χ3v) is 4.14. The van der Waals surface area contributed by atoms with E-state index in [1.807, 2.05) is 32.2 Å². The molecule has 3 nitrogen and oxygen atoms in total. The predicted octanol–water partition coefficient (Wildman–Crippen LogP) is 3.26. The van der Waals surface area contributed by atoms with Crippen LogP contribution in [0.1, 0.15) is 28.8 Å². The second-order valence-electron chi connectivity index (χ2n) is 5.25. The van der Waals surface area contributed by atoms with Gasteiger partial charge in [0.15, 0.2) is 0 Å². The van der Waals surface area contributed by atoms with Crippen molar-refractivity contribution < 1.29 is 9.53 Å². The lowest BCUT2D eigenvalue weighted by atomic mass is 10.0. The zero-order valence-electron chi connectivity index (χ0n) is 11.5. The zero-order chi connectivity index (χ0) is 13.8. The first-order valence-electron chi connectivity index (χ1n) is 6.67.